The summed E-state index contributed by atoms with van der Waals surface area (Å²) in [6.07, 6.45) is 0.181. The van der Waals surface area contributed by atoms with Gasteiger partial charge >= 0.3 is 5.97 Å². The van der Waals surface area contributed by atoms with Gasteiger partial charge in [0, 0.05) is 12.0 Å². The van der Waals surface area contributed by atoms with Crippen molar-refractivity contribution in [1.82, 2.24) is 5.32 Å². The van der Waals surface area contributed by atoms with Gasteiger partial charge < -0.3 is 10.4 Å². The molecule has 0 bridgehead atoms. The van der Waals surface area contributed by atoms with E-state index in [9.17, 15) is 18.0 Å². The number of carbonyl (C=O) groups excluding carboxylic acids is 1. The van der Waals surface area contributed by atoms with Crippen LogP contribution in [0.15, 0.2) is 59.5 Å². The van der Waals surface area contributed by atoms with Crippen molar-refractivity contribution in [2.45, 2.75) is 30.7 Å². The third-order valence-corrected chi connectivity index (χ3v) is 5.76. The Kier molecular flexibility index (Phi) is 6.52. The minimum absolute atomic E-state index is 0.0101. The predicted octanol–water partition coefficient (Wildman–Crippen LogP) is 2.82. The van der Waals surface area contributed by atoms with Crippen LogP contribution in [0, 0.1) is 0 Å². The third kappa shape index (κ3) is 5.16. The van der Waals surface area contributed by atoms with Gasteiger partial charge in [-0.2, -0.15) is 0 Å². The average molecular weight is 375 g/mol. The van der Waals surface area contributed by atoms with Crippen molar-refractivity contribution in [2.24, 2.45) is 0 Å². The number of aliphatic carboxylic acids is 1. The Labute approximate surface area is 152 Å². The summed E-state index contributed by atoms with van der Waals surface area (Å²) in [5.74, 6) is -1.33. The van der Waals surface area contributed by atoms with Crippen LogP contribution in [0.2, 0.25) is 0 Å². The minimum atomic E-state index is -3.32. The molecule has 2 aromatic rings. The van der Waals surface area contributed by atoms with Crippen LogP contribution < -0.4 is 5.32 Å². The molecule has 0 heterocycles. The van der Waals surface area contributed by atoms with E-state index in [-0.39, 0.29) is 29.4 Å². The summed E-state index contributed by atoms with van der Waals surface area (Å²) < 4.78 is 23.7. The number of carbonyl (C=O) groups is 2. The second-order valence-electron chi connectivity index (χ2n) is 5.80. The highest BCUT2D eigenvalue weighted by atomic mass is 32.2. The lowest BCUT2D eigenvalue weighted by Gasteiger charge is -2.18. The molecule has 0 saturated carbocycles. The molecule has 7 heteroatoms. The van der Waals surface area contributed by atoms with Crippen LogP contribution in [0.5, 0.6) is 0 Å². The topological polar surface area (TPSA) is 101 Å². The highest BCUT2D eigenvalue weighted by Crippen LogP contribution is 2.20. The van der Waals surface area contributed by atoms with Crippen molar-refractivity contribution in [1.29, 1.82) is 0 Å². The molecule has 0 spiro atoms. The van der Waals surface area contributed by atoms with Gasteiger partial charge in [0.15, 0.2) is 9.84 Å². The maximum atomic E-state index is 12.5. The highest BCUT2D eigenvalue weighted by Gasteiger charge is 2.18. The monoisotopic (exact) mass is 375 g/mol. The fraction of sp³-hybridized carbons (Fsp3) is 0.263. The van der Waals surface area contributed by atoms with E-state index < -0.39 is 21.8 Å². The summed E-state index contributed by atoms with van der Waals surface area (Å²) >= 11 is 0. The van der Waals surface area contributed by atoms with E-state index in [1.165, 1.54) is 24.3 Å². The van der Waals surface area contributed by atoms with Crippen molar-refractivity contribution in [3.8, 4) is 0 Å². The second-order valence-corrected chi connectivity index (χ2v) is 8.08. The summed E-state index contributed by atoms with van der Waals surface area (Å²) in [6.45, 7) is 1.56. The van der Waals surface area contributed by atoms with E-state index in [1.807, 2.05) is 30.3 Å². The van der Waals surface area contributed by atoms with Crippen LogP contribution in [0.4, 0.5) is 0 Å². The summed E-state index contributed by atoms with van der Waals surface area (Å²) in [5, 5.41) is 11.7. The summed E-state index contributed by atoms with van der Waals surface area (Å²) in [5.41, 5.74) is 1.13. The number of hydrogen-bond acceptors (Lipinski definition) is 4. The van der Waals surface area contributed by atoms with E-state index in [0.29, 0.717) is 5.56 Å². The molecular weight excluding hydrogens is 354 g/mol. The number of carboxylic acid groups (broad SMARTS) is 1. The van der Waals surface area contributed by atoms with E-state index in [1.54, 1.807) is 6.92 Å². The lowest BCUT2D eigenvalue weighted by Crippen LogP contribution is -2.29. The van der Waals surface area contributed by atoms with Gasteiger partial charge in [-0.1, -0.05) is 37.3 Å². The predicted molar refractivity (Wildman–Crippen MR) is 97.7 cm³/mol. The molecule has 2 aromatic carbocycles. The third-order valence-electron chi connectivity index (χ3n) is 4.01. The standard InChI is InChI=1S/C19H21NO5S/c1-2-26(24,25)16-10-8-15(9-11-16)19(23)20-17(12-13-18(21)22)14-6-4-3-5-7-14/h3-11,17H,2,12-13H2,1H3,(H,20,23)(H,21,22). The lowest BCUT2D eigenvalue weighted by atomic mass is 10.0. The van der Waals surface area contributed by atoms with Gasteiger partial charge in [0.05, 0.1) is 16.7 Å². The molecule has 1 amide bonds. The first-order valence-electron chi connectivity index (χ1n) is 8.24. The Morgan fingerprint density at radius 3 is 2.19 bits per heavy atom. The molecule has 0 fully saturated rings. The minimum Gasteiger partial charge on any atom is -0.481 e. The van der Waals surface area contributed by atoms with E-state index in [0.717, 1.165) is 5.56 Å². The number of carboxylic acids is 1. The van der Waals surface area contributed by atoms with Crippen molar-refractivity contribution in [3.05, 3.63) is 65.7 Å². The quantitative estimate of drug-likeness (QED) is 0.739. The molecule has 138 valence electrons. The molecule has 6 nitrogen and oxygen atoms in total. The molecule has 1 unspecified atom stereocenters. The van der Waals surface area contributed by atoms with Crippen LogP contribution in [-0.2, 0) is 14.6 Å². The molecule has 0 aliphatic heterocycles. The normalized spacial score (nSPS) is 12.3. The van der Waals surface area contributed by atoms with E-state index in [4.69, 9.17) is 5.11 Å². The Bertz CT molecular complexity index is 861. The zero-order valence-electron chi connectivity index (χ0n) is 14.4. The zero-order chi connectivity index (χ0) is 19.2. The molecule has 1 atom stereocenters. The number of sulfone groups is 1. The molecule has 0 aliphatic rings. The van der Waals surface area contributed by atoms with Crippen molar-refractivity contribution < 1.29 is 23.1 Å². The van der Waals surface area contributed by atoms with Crippen LogP contribution in [0.1, 0.15) is 41.7 Å². The Morgan fingerprint density at radius 2 is 1.65 bits per heavy atom. The number of rotatable bonds is 8. The summed E-state index contributed by atoms with van der Waals surface area (Å²) in [4.78, 5) is 23.5. The van der Waals surface area contributed by atoms with E-state index >= 15 is 0 Å². The first-order chi connectivity index (χ1) is 12.3. The van der Waals surface area contributed by atoms with Crippen LogP contribution in [0.3, 0.4) is 0 Å². The Morgan fingerprint density at radius 1 is 1.04 bits per heavy atom. The zero-order valence-corrected chi connectivity index (χ0v) is 15.2. The molecule has 2 N–H and O–H groups in total. The number of benzene rings is 2. The molecular formula is C19H21NO5S. The number of nitrogens with one attached hydrogen (secondary N) is 1. The largest absolute Gasteiger partial charge is 0.481 e. The molecule has 0 aliphatic carbocycles. The number of amides is 1. The Hall–Kier alpha value is -2.67. The fourth-order valence-electron chi connectivity index (χ4n) is 2.50. The second kappa shape index (κ2) is 8.62. The highest BCUT2D eigenvalue weighted by molar-refractivity contribution is 7.91. The lowest BCUT2D eigenvalue weighted by molar-refractivity contribution is -0.137. The molecule has 0 saturated heterocycles. The SMILES string of the molecule is CCS(=O)(=O)c1ccc(C(=O)NC(CCC(=O)O)c2ccccc2)cc1. The van der Waals surface area contributed by atoms with E-state index in [2.05, 4.69) is 5.32 Å². The molecule has 0 radical (unpaired) electrons. The van der Waals surface area contributed by atoms with Crippen molar-refractivity contribution in [2.75, 3.05) is 5.75 Å². The summed E-state index contributed by atoms with van der Waals surface area (Å²) in [7, 11) is -3.32. The van der Waals surface area contributed by atoms with Gasteiger partial charge in [0.25, 0.3) is 5.91 Å². The molecule has 0 aromatic heterocycles. The van der Waals surface area contributed by atoms with Gasteiger partial charge in [-0.3, -0.25) is 9.59 Å². The summed E-state index contributed by atoms with van der Waals surface area (Å²) in [6, 6.07) is 14.4. The maximum absolute atomic E-state index is 12.5. The average Bonchev–Trinajstić information content (AvgIpc) is 2.65. The first-order valence-corrected chi connectivity index (χ1v) is 9.89. The van der Waals surface area contributed by atoms with Gasteiger partial charge in [-0.25, -0.2) is 8.42 Å². The van der Waals surface area contributed by atoms with Gasteiger partial charge in [-0.05, 0) is 36.2 Å². The van der Waals surface area contributed by atoms with Crippen LogP contribution >= 0.6 is 0 Å². The van der Waals surface area contributed by atoms with Crippen molar-refractivity contribution >= 4 is 21.7 Å². The fourth-order valence-corrected chi connectivity index (χ4v) is 3.38. The van der Waals surface area contributed by atoms with Gasteiger partial charge in [0.2, 0.25) is 0 Å². The maximum Gasteiger partial charge on any atom is 0.303 e. The van der Waals surface area contributed by atoms with Crippen LogP contribution in [0.25, 0.3) is 0 Å². The van der Waals surface area contributed by atoms with Crippen LogP contribution in [-0.4, -0.2) is 31.2 Å². The first kappa shape index (κ1) is 19.7. The van der Waals surface area contributed by atoms with Crippen molar-refractivity contribution in [3.63, 3.8) is 0 Å². The van der Waals surface area contributed by atoms with Gasteiger partial charge in [0.1, 0.15) is 0 Å². The number of hydrogen-bond donors (Lipinski definition) is 2. The smallest absolute Gasteiger partial charge is 0.303 e. The molecule has 26 heavy (non-hydrogen) atoms. The van der Waals surface area contributed by atoms with Gasteiger partial charge in [-0.15, -0.1) is 0 Å². The Balaban J connectivity index is 2.17. The molecule has 2 rings (SSSR count).